The predicted molar refractivity (Wildman–Crippen MR) is 65.8 cm³/mol. The average Bonchev–Trinajstić information content (AvgIpc) is 2.87. The van der Waals surface area contributed by atoms with E-state index in [0.717, 1.165) is 0 Å². The van der Waals surface area contributed by atoms with Gasteiger partial charge >= 0.3 is 6.09 Å². The quantitative estimate of drug-likeness (QED) is 0.805. The Balaban J connectivity index is 1.99. The Morgan fingerprint density at radius 2 is 2.37 bits per heavy atom. The smallest absolute Gasteiger partial charge is 0.407 e. The molecule has 7 nitrogen and oxygen atoms in total. The number of hydrogen-bond acceptors (Lipinski definition) is 5. The Morgan fingerprint density at radius 1 is 1.58 bits per heavy atom. The van der Waals surface area contributed by atoms with Gasteiger partial charge in [-0.3, -0.25) is 4.79 Å². The van der Waals surface area contributed by atoms with Crippen molar-refractivity contribution in [3.05, 3.63) is 24.0 Å². The van der Waals surface area contributed by atoms with Gasteiger partial charge in [-0.25, -0.2) is 9.78 Å². The first-order valence-electron chi connectivity index (χ1n) is 5.89. The molecule has 2 rings (SSSR count). The van der Waals surface area contributed by atoms with Gasteiger partial charge in [-0.2, -0.15) is 0 Å². The Bertz CT molecular complexity index is 492. The van der Waals surface area contributed by atoms with Crippen LogP contribution in [0.15, 0.2) is 18.3 Å². The third-order valence-electron chi connectivity index (χ3n) is 2.97. The molecule has 2 N–H and O–H groups in total. The van der Waals surface area contributed by atoms with Gasteiger partial charge in [0, 0.05) is 19.3 Å². The number of carbonyl (C=O) groups is 2. The van der Waals surface area contributed by atoms with Crippen molar-refractivity contribution in [3.63, 3.8) is 0 Å². The van der Waals surface area contributed by atoms with Crippen molar-refractivity contribution in [2.24, 2.45) is 0 Å². The van der Waals surface area contributed by atoms with Gasteiger partial charge in [0.2, 0.25) is 0 Å². The summed E-state index contributed by atoms with van der Waals surface area (Å²) in [7, 11) is 1.29. The number of methoxy groups -OCH3 is 1. The van der Waals surface area contributed by atoms with Gasteiger partial charge in [0.25, 0.3) is 5.91 Å². The fraction of sp³-hybridized carbons (Fsp3) is 0.417. The molecule has 0 saturated carbocycles. The minimum absolute atomic E-state index is 0.0289. The largest absolute Gasteiger partial charge is 0.505 e. The van der Waals surface area contributed by atoms with Gasteiger partial charge in [-0.05, 0) is 18.6 Å². The van der Waals surface area contributed by atoms with Crippen LogP contribution >= 0.6 is 0 Å². The highest BCUT2D eigenvalue weighted by molar-refractivity contribution is 5.95. The molecule has 1 fully saturated rings. The predicted octanol–water partition coefficient (Wildman–Crippen LogP) is 0.358. The zero-order valence-corrected chi connectivity index (χ0v) is 10.5. The maximum absolute atomic E-state index is 12.1. The van der Waals surface area contributed by atoms with E-state index < -0.39 is 6.09 Å². The summed E-state index contributed by atoms with van der Waals surface area (Å²) in [4.78, 5) is 28.6. The molecular weight excluding hydrogens is 250 g/mol. The summed E-state index contributed by atoms with van der Waals surface area (Å²) < 4.78 is 4.51. The molecule has 102 valence electrons. The number of rotatable bonds is 2. The lowest BCUT2D eigenvalue weighted by atomic mass is 10.3. The van der Waals surface area contributed by atoms with Crippen LogP contribution in [0.5, 0.6) is 5.75 Å². The molecule has 2 amide bonds. The standard InChI is InChI=1S/C12H15N3O4/c1-19-12(18)14-8-4-6-15(7-8)11(17)10-9(16)3-2-5-13-10/h2-3,5,8,16H,4,6-7H2,1H3,(H,14,18). The molecule has 0 bridgehead atoms. The van der Waals surface area contributed by atoms with Crippen molar-refractivity contribution in [1.29, 1.82) is 0 Å². The number of hydrogen-bond donors (Lipinski definition) is 2. The minimum Gasteiger partial charge on any atom is -0.505 e. The molecule has 0 aromatic carbocycles. The Kier molecular flexibility index (Phi) is 3.84. The summed E-state index contributed by atoms with van der Waals surface area (Å²) in [5, 5.41) is 12.2. The molecule has 0 radical (unpaired) electrons. The number of alkyl carbamates (subject to hydrolysis) is 1. The van der Waals surface area contributed by atoms with E-state index in [0.29, 0.717) is 19.5 Å². The van der Waals surface area contributed by atoms with Gasteiger partial charge < -0.3 is 20.1 Å². The van der Waals surface area contributed by atoms with Crippen LogP contribution in [0.2, 0.25) is 0 Å². The van der Waals surface area contributed by atoms with E-state index in [1.54, 1.807) is 11.0 Å². The number of aromatic hydroxyl groups is 1. The lowest BCUT2D eigenvalue weighted by molar-refractivity contribution is 0.0779. The lowest BCUT2D eigenvalue weighted by Gasteiger charge is -2.16. The number of nitrogens with one attached hydrogen (secondary N) is 1. The molecule has 7 heteroatoms. The number of carbonyl (C=O) groups excluding carboxylic acids is 2. The number of ether oxygens (including phenoxy) is 1. The molecule has 1 aliphatic rings. The topological polar surface area (TPSA) is 91.8 Å². The molecular formula is C12H15N3O4. The van der Waals surface area contributed by atoms with Crippen LogP contribution in [0.25, 0.3) is 0 Å². The van der Waals surface area contributed by atoms with Crippen molar-refractivity contribution in [2.75, 3.05) is 20.2 Å². The van der Waals surface area contributed by atoms with Crippen molar-refractivity contribution >= 4 is 12.0 Å². The molecule has 1 aromatic heterocycles. The van der Waals surface area contributed by atoms with E-state index in [1.807, 2.05) is 0 Å². The highest BCUT2D eigenvalue weighted by Crippen LogP contribution is 2.18. The third-order valence-corrected chi connectivity index (χ3v) is 2.97. The Hall–Kier alpha value is -2.31. The molecule has 1 aliphatic heterocycles. The SMILES string of the molecule is COC(=O)NC1CCN(C(=O)c2ncccc2O)C1. The van der Waals surface area contributed by atoms with E-state index in [4.69, 9.17) is 0 Å². The minimum atomic E-state index is -0.514. The van der Waals surface area contributed by atoms with E-state index in [2.05, 4.69) is 15.0 Å². The fourth-order valence-corrected chi connectivity index (χ4v) is 2.00. The summed E-state index contributed by atoms with van der Waals surface area (Å²) in [6, 6.07) is 2.83. The van der Waals surface area contributed by atoms with E-state index in [-0.39, 0.29) is 23.4 Å². The van der Waals surface area contributed by atoms with Gasteiger partial charge in [0.15, 0.2) is 5.69 Å². The fourth-order valence-electron chi connectivity index (χ4n) is 2.00. The second-order valence-electron chi connectivity index (χ2n) is 4.24. The molecule has 0 aliphatic carbocycles. The number of nitrogens with zero attached hydrogens (tertiary/aromatic N) is 2. The van der Waals surface area contributed by atoms with Gasteiger partial charge in [0.05, 0.1) is 13.2 Å². The summed E-state index contributed by atoms with van der Waals surface area (Å²) >= 11 is 0. The summed E-state index contributed by atoms with van der Waals surface area (Å²) in [5.41, 5.74) is 0.0289. The number of pyridine rings is 1. The van der Waals surface area contributed by atoms with E-state index >= 15 is 0 Å². The van der Waals surface area contributed by atoms with E-state index in [1.165, 1.54) is 19.4 Å². The molecule has 1 aromatic rings. The summed E-state index contributed by atoms with van der Waals surface area (Å²) in [6.07, 6.45) is 1.58. The first-order valence-corrected chi connectivity index (χ1v) is 5.89. The zero-order valence-electron chi connectivity index (χ0n) is 10.5. The maximum atomic E-state index is 12.1. The molecule has 1 atom stereocenters. The number of amides is 2. The highest BCUT2D eigenvalue weighted by atomic mass is 16.5. The van der Waals surface area contributed by atoms with Crippen LogP contribution in [0.4, 0.5) is 4.79 Å². The molecule has 19 heavy (non-hydrogen) atoms. The second-order valence-corrected chi connectivity index (χ2v) is 4.24. The van der Waals surface area contributed by atoms with Crippen LogP contribution in [-0.4, -0.2) is 53.2 Å². The molecule has 1 unspecified atom stereocenters. The Morgan fingerprint density at radius 3 is 3.05 bits per heavy atom. The van der Waals surface area contributed by atoms with Crippen molar-refractivity contribution in [2.45, 2.75) is 12.5 Å². The van der Waals surface area contributed by atoms with Gasteiger partial charge in [-0.1, -0.05) is 0 Å². The lowest BCUT2D eigenvalue weighted by Crippen LogP contribution is -2.38. The van der Waals surface area contributed by atoms with E-state index in [9.17, 15) is 14.7 Å². The Labute approximate surface area is 110 Å². The van der Waals surface area contributed by atoms with Gasteiger partial charge in [0.1, 0.15) is 5.75 Å². The summed E-state index contributed by atoms with van der Waals surface area (Å²) in [6.45, 7) is 0.882. The first-order chi connectivity index (χ1) is 9.11. The maximum Gasteiger partial charge on any atom is 0.407 e. The molecule has 1 saturated heterocycles. The van der Waals surface area contributed by atoms with Crippen LogP contribution in [-0.2, 0) is 4.74 Å². The number of likely N-dealkylation sites (tertiary alicyclic amines) is 1. The van der Waals surface area contributed by atoms with Crippen LogP contribution in [0, 0.1) is 0 Å². The molecule has 2 heterocycles. The van der Waals surface area contributed by atoms with Crippen LogP contribution < -0.4 is 5.32 Å². The second kappa shape index (κ2) is 5.55. The average molecular weight is 265 g/mol. The van der Waals surface area contributed by atoms with Crippen molar-refractivity contribution in [1.82, 2.24) is 15.2 Å². The first kappa shape index (κ1) is 13.1. The van der Waals surface area contributed by atoms with Crippen LogP contribution in [0.1, 0.15) is 16.9 Å². The highest BCUT2D eigenvalue weighted by Gasteiger charge is 2.29. The van der Waals surface area contributed by atoms with Crippen molar-refractivity contribution in [3.8, 4) is 5.75 Å². The van der Waals surface area contributed by atoms with Gasteiger partial charge in [-0.15, -0.1) is 0 Å². The van der Waals surface area contributed by atoms with Crippen LogP contribution in [0.3, 0.4) is 0 Å². The summed E-state index contributed by atoms with van der Waals surface area (Å²) in [5.74, 6) is -0.482. The monoisotopic (exact) mass is 265 g/mol. The zero-order chi connectivity index (χ0) is 13.8. The number of aromatic nitrogens is 1. The van der Waals surface area contributed by atoms with Crippen molar-refractivity contribution < 1.29 is 19.4 Å². The normalized spacial score (nSPS) is 18.2. The molecule has 0 spiro atoms. The third kappa shape index (κ3) is 2.93.